The lowest BCUT2D eigenvalue weighted by atomic mass is 10.0. The smallest absolute Gasteiger partial charge is 0.137 e. The Kier molecular flexibility index (Phi) is 3.47. The van der Waals surface area contributed by atoms with E-state index < -0.39 is 0 Å². The van der Waals surface area contributed by atoms with Gasteiger partial charge < -0.3 is 10.1 Å². The minimum absolute atomic E-state index is 0.0343. The number of rotatable bonds is 3. The molecular weight excluding hydrogens is 278 g/mol. The van der Waals surface area contributed by atoms with Crippen LogP contribution in [0.1, 0.15) is 24.1 Å². The van der Waals surface area contributed by atoms with E-state index in [4.69, 9.17) is 22.9 Å². The minimum atomic E-state index is -0.0343. The van der Waals surface area contributed by atoms with E-state index in [-0.39, 0.29) is 5.92 Å². The molecule has 2 aromatic heterocycles. The number of benzene rings is 1. The topological polar surface area (TPSA) is 43.3 Å². The average Bonchev–Trinajstić information content (AvgIpc) is 2.85. The zero-order valence-electron chi connectivity index (χ0n) is 12.1. The zero-order valence-corrected chi connectivity index (χ0v) is 12.9. The normalized spacial score (nSPS) is 12.5. The fourth-order valence-electron chi connectivity index (χ4n) is 2.52. The predicted octanol–water partition coefficient (Wildman–Crippen LogP) is 3.70. The average molecular weight is 295 g/mol. The molecule has 0 aliphatic heterocycles. The lowest BCUT2D eigenvalue weighted by molar-refractivity contribution is 0.929. The van der Waals surface area contributed by atoms with Crippen LogP contribution in [0.25, 0.3) is 16.9 Å². The van der Waals surface area contributed by atoms with Gasteiger partial charge in [-0.1, -0.05) is 49.5 Å². The number of aryl methyl sites for hydroxylation is 1. The van der Waals surface area contributed by atoms with E-state index in [0.29, 0.717) is 4.99 Å². The third-order valence-corrected chi connectivity index (χ3v) is 4.06. The summed E-state index contributed by atoms with van der Waals surface area (Å²) in [6, 6.07) is 14.3. The summed E-state index contributed by atoms with van der Waals surface area (Å²) in [5, 5.41) is 0. The van der Waals surface area contributed by atoms with E-state index in [2.05, 4.69) is 35.6 Å². The molecule has 2 N–H and O–H groups in total. The van der Waals surface area contributed by atoms with Gasteiger partial charge in [-0.3, -0.25) is 0 Å². The van der Waals surface area contributed by atoms with Gasteiger partial charge in [0.1, 0.15) is 5.65 Å². The molecule has 106 valence electrons. The van der Waals surface area contributed by atoms with Gasteiger partial charge >= 0.3 is 0 Å². The third kappa shape index (κ3) is 2.43. The van der Waals surface area contributed by atoms with Crippen LogP contribution in [0.3, 0.4) is 0 Å². The van der Waals surface area contributed by atoms with Gasteiger partial charge in [-0.05, 0) is 24.6 Å². The Morgan fingerprint density at radius 2 is 1.95 bits per heavy atom. The summed E-state index contributed by atoms with van der Waals surface area (Å²) in [7, 11) is 0. The lowest BCUT2D eigenvalue weighted by Gasteiger charge is -2.12. The Morgan fingerprint density at radius 3 is 2.62 bits per heavy atom. The maximum Gasteiger partial charge on any atom is 0.137 e. The van der Waals surface area contributed by atoms with Crippen molar-refractivity contribution in [1.82, 2.24) is 9.38 Å². The number of nitrogens with zero attached hydrogens (tertiary/aromatic N) is 2. The van der Waals surface area contributed by atoms with Crippen LogP contribution in [0.2, 0.25) is 0 Å². The van der Waals surface area contributed by atoms with Crippen molar-refractivity contribution in [2.24, 2.45) is 5.73 Å². The van der Waals surface area contributed by atoms with Crippen molar-refractivity contribution in [3.05, 3.63) is 59.9 Å². The third-order valence-electron chi connectivity index (χ3n) is 3.70. The van der Waals surface area contributed by atoms with E-state index in [1.54, 1.807) is 0 Å². The second kappa shape index (κ2) is 5.30. The molecule has 0 aliphatic rings. The van der Waals surface area contributed by atoms with Crippen LogP contribution in [0.4, 0.5) is 0 Å². The highest BCUT2D eigenvalue weighted by atomic mass is 32.1. The molecule has 21 heavy (non-hydrogen) atoms. The quantitative estimate of drug-likeness (QED) is 0.749. The Balaban J connectivity index is 2.32. The van der Waals surface area contributed by atoms with Gasteiger partial charge in [0.15, 0.2) is 0 Å². The SMILES string of the molecule is Cc1ccn2c(C(C)C(N)=S)c(-c3ccccc3)nc2c1. The molecule has 1 atom stereocenters. The molecule has 4 heteroatoms. The molecule has 0 radical (unpaired) electrons. The first-order valence-corrected chi connectivity index (χ1v) is 7.32. The molecule has 0 aliphatic carbocycles. The molecule has 0 saturated carbocycles. The lowest BCUT2D eigenvalue weighted by Crippen LogP contribution is -2.18. The van der Waals surface area contributed by atoms with Gasteiger partial charge in [0.05, 0.1) is 16.4 Å². The second-order valence-electron chi connectivity index (χ2n) is 5.27. The molecule has 0 fully saturated rings. The van der Waals surface area contributed by atoms with E-state index in [1.165, 1.54) is 5.56 Å². The predicted molar refractivity (Wildman–Crippen MR) is 90.6 cm³/mol. The van der Waals surface area contributed by atoms with Crippen molar-refractivity contribution in [2.45, 2.75) is 19.8 Å². The minimum Gasteiger partial charge on any atom is -0.393 e. The number of hydrogen-bond acceptors (Lipinski definition) is 2. The molecule has 2 heterocycles. The molecule has 1 aromatic carbocycles. The Labute approximate surface area is 129 Å². The molecule has 3 nitrogen and oxygen atoms in total. The van der Waals surface area contributed by atoms with Crippen LogP contribution in [-0.4, -0.2) is 14.4 Å². The molecular formula is C17H17N3S. The molecule has 3 rings (SSSR count). The number of aromatic nitrogens is 2. The number of nitrogens with two attached hydrogens (primary N) is 1. The maximum atomic E-state index is 5.89. The van der Waals surface area contributed by atoms with Gasteiger partial charge in [-0.15, -0.1) is 0 Å². The van der Waals surface area contributed by atoms with Crippen molar-refractivity contribution in [2.75, 3.05) is 0 Å². The molecule has 0 saturated heterocycles. The van der Waals surface area contributed by atoms with Crippen molar-refractivity contribution in [3.8, 4) is 11.3 Å². The van der Waals surface area contributed by atoms with E-state index >= 15 is 0 Å². The number of fused-ring (bicyclic) bond motifs is 1. The van der Waals surface area contributed by atoms with Gasteiger partial charge in [-0.25, -0.2) is 4.98 Å². The van der Waals surface area contributed by atoms with E-state index in [1.807, 2.05) is 31.3 Å². The van der Waals surface area contributed by atoms with Crippen LogP contribution in [0, 0.1) is 6.92 Å². The summed E-state index contributed by atoms with van der Waals surface area (Å²) in [5.41, 5.74) is 11.1. The van der Waals surface area contributed by atoms with Crippen molar-refractivity contribution < 1.29 is 0 Å². The first-order chi connectivity index (χ1) is 10.1. The standard InChI is InChI=1S/C17H17N3S/c1-11-8-9-20-14(10-11)19-15(13-6-4-3-5-7-13)16(20)12(2)17(18)21/h3-10,12H,1-2H3,(H2,18,21). The fraction of sp³-hybridized carbons (Fsp3) is 0.176. The summed E-state index contributed by atoms with van der Waals surface area (Å²) in [4.78, 5) is 5.28. The molecule has 0 spiro atoms. The van der Waals surface area contributed by atoms with Crippen LogP contribution in [-0.2, 0) is 0 Å². The summed E-state index contributed by atoms with van der Waals surface area (Å²) < 4.78 is 2.08. The fourth-order valence-corrected chi connectivity index (χ4v) is 2.63. The number of pyridine rings is 1. The molecule has 0 bridgehead atoms. The van der Waals surface area contributed by atoms with Crippen molar-refractivity contribution in [1.29, 1.82) is 0 Å². The highest BCUT2D eigenvalue weighted by molar-refractivity contribution is 7.80. The number of imidazole rings is 1. The second-order valence-corrected chi connectivity index (χ2v) is 5.74. The largest absolute Gasteiger partial charge is 0.393 e. The first-order valence-electron chi connectivity index (χ1n) is 6.91. The van der Waals surface area contributed by atoms with E-state index in [0.717, 1.165) is 22.6 Å². The summed E-state index contributed by atoms with van der Waals surface area (Å²) in [5.74, 6) is -0.0343. The van der Waals surface area contributed by atoms with Gasteiger partial charge in [0.2, 0.25) is 0 Å². The monoisotopic (exact) mass is 295 g/mol. The first kappa shape index (κ1) is 13.8. The number of thiocarbonyl (C=S) groups is 1. The van der Waals surface area contributed by atoms with Crippen LogP contribution in [0.15, 0.2) is 48.7 Å². The van der Waals surface area contributed by atoms with Gasteiger partial charge in [0, 0.05) is 17.7 Å². The van der Waals surface area contributed by atoms with Crippen molar-refractivity contribution >= 4 is 22.9 Å². The zero-order chi connectivity index (χ0) is 15.0. The van der Waals surface area contributed by atoms with Gasteiger partial charge in [0.25, 0.3) is 0 Å². The van der Waals surface area contributed by atoms with Crippen LogP contribution >= 0.6 is 12.2 Å². The highest BCUT2D eigenvalue weighted by Crippen LogP contribution is 2.30. The Morgan fingerprint density at radius 1 is 1.24 bits per heavy atom. The molecule has 1 unspecified atom stereocenters. The summed E-state index contributed by atoms with van der Waals surface area (Å²) >= 11 is 5.20. The van der Waals surface area contributed by atoms with E-state index in [9.17, 15) is 0 Å². The maximum absolute atomic E-state index is 5.89. The highest BCUT2D eigenvalue weighted by Gasteiger charge is 2.21. The summed E-state index contributed by atoms with van der Waals surface area (Å²) in [6.07, 6.45) is 2.04. The van der Waals surface area contributed by atoms with Crippen molar-refractivity contribution in [3.63, 3.8) is 0 Å². The van der Waals surface area contributed by atoms with Gasteiger partial charge in [-0.2, -0.15) is 0 Å². The molecule has 0 amide bonds. The number of hydrogen-bond donors (Lipinski definition) is 1. The van der Waals surface area contributed by atoms with Crippen LogP contribution in [0.5, 0.6) is 0 Å². The summed E-state index contributed by atoms with van der Waals surface area (Å²) in [6.45, 7) is 4.09. The van der Waals surface area contributed by atoms with Crippen LogP contribution < -0.4 is 5.73 Å². The Hall–Kier alpha value is -2.20. The Bertz CT molecular complexity index is 806. The molecule has 3 aromatic rings.